The molecule has 6 nitrogen and oxygen atoms in total. The first kappa shape index (κ1) is 22.7. The fourth-order valence-corrected chi connectivity index (χ4v) is 4.30. The van der Waals surface area contributed by atoms with Crippen molar-refractivity contribution in [2.24, 2.45) is 5.92 Å². The minimum Gasteiger partial charge on any atom is -0.385 e. The highest BCUT2D eigenvalue weighted by Gasteiger charge is 2.31. The van der Waals surface area contributed by atoms with Gasteiger partial charge in [-0.3, -0.25) is 10.1 Å². The molecule has 2 rings (SSSR count). The largest absolute Gasteiger partial charge is 0.385 e. The number of methoxy groups -OCH3 is 1. The zero-order valence-corrected chi connectivity index (χ0v) is 17.7. The smallest absolute Gasteiger partial charge is 0.264 e. The number of rotatable bonds is 11. The molecule has 0 spiro atoms. The molecule has 2 unspecified atom stereocenters. The van der Waals surface area contributed by atoms with Crippen LogP contribution in [0.25, 0.3) is 0 Å². The van der Waals surface area contributed by atoms with Crippen molar-refractivity contribution in [2.45, 2.75) is 38.2 Å². The zero-order valence-electron chi connectivity index (χ0n) is 16.9. The maximum absolute atomic E-state index is 11.0. The number of nitrogens with zero attached hydrogens (tertiary/aromatic N) is 2. The highest BCUT2D eigenvalue weighted by molar-refractivity contribution is 8.02. The van der Waals surface area contributed by atoms with E-state index in [2.05, 4.69) is 35.3 Å². The number of ether oxygens (including phenoxy) is 2. The van der Waals surface area contributed by atoms with Crippen LogP contribution in [0.15, 0.2) is 47.2 Å². The predicted octanol–water partition coefficient (Wildman–Crippen LogP) is 4.39. The van der Waals surface area contributed by atoms with Gasteiger partial charge in [0.05, 0.1) is 11.0 Å². The van der Waals surface area contributed by atoms with Crippen LogP contribution >= 0.6 is 11.8 Å². The van der Waals surface area contributed by atoms with Crippen LogP contribution in [0.1, 0.15) is 32.1 Å². The quantitative estimate of drug-likeness (QED) is 0.287. The Morgan fingerprint density at radius 2 is 2.25 bits per heavy atom. The first-order valence-corrected chi connectivity index (χ1v) is 11.2. The fraction of sp³-hybridized carbons (Fsp3) is 0.619. The van der Waals surface area contributed by atoms with Crippen LogP contribution in [0.3, 0.4) is 0 Å². The average molecular weight is 409 g/mol. The van der Waals surface area contributed by atoms with Crippen LogP contribution < -0.4 is 0 Å². The number of hydrogen-bond acceptors (Lipinski definition) is 6. The Hall–Kier alpha value is -1.57. The Kier molecular flexibility index (Phi) is 10.4. The lowest BCUT2D eigenvalue weighted by Gasteiger charge is -2.38. The minimum absolute atomic E-state index is 0.0141. The van der Waals surface area contributed by atoms with Crippen molar-refractivity contribution in [3.8, 4) is 0 Å². The standard InChI is InChI=1S/C21H32N2O4S/c1-26-14-7-8-15-27-21(18-10-5-3-4-6-11-18)19-12-9-13-22(16-19)20(28-2)17-23(24)25/h3-5,10-11,17,19,21H,6-9,12-16H2,1-2H3/b20-17-. The van der Waals surface area contributed by atoms with Crippen molar-refractivity contribution >= 4 is 11.8 Å². The highest BCUT2D eigenvalue weighted by Crippen LogP contribution is 2.31. The van der Waals surface area contributed by atoms with Gasteiger partial charge in [-0.25, -0.2) is 0 Å². The van der Waals surface area contributed by atoms with Crippen molar-refractivity contribution in [1.82, 2.24) is 4.90 Å². The van der Waals surface area contributed by atoms with Gasteiger partial charge >= 0.3 is 0 Å². The van der Waals surface area contributed by atoms with Crippen molar-refractivity contribution in [3.05, 3.63) is 57.3 Å². The second-order valence-electron chi connectivity index (χ2n) is 7.02. The maximum Gasteiger partial charge on any atom is 0.264 e. The van der Waals surface area contributed by atoms with Crippen molar-refractivity contribution in [3.63, 3.8) is 0 Å². The minimum atomic E-state index is -0.360. The lowest BCUT2D eigenvalue weighted by atomic mass is 9.87. The Balaban J connectivity index is 2.09. The Morgan fingerprint density at radius 1 is 1.43 bits per heavy atom. The van der Waals surface area contributed by atoms with Gasteiger partial charge in [0.2, 0.25) is 0 Å². The third kappa shape index (κ3) is 7.45. The van der Waals surface area contributed by atoms with Gasteiger partial charge in [-0.05, 0) is 43.9 Å². The molecule has 1 aliphatic carbocycles. The summed E-state index contributed by atoms with van der Waals surface area (Å²) in [5.74, 6) is 0.312. The molecule has 0 amide bonds. The SMILES string of the molecule is COCCCCOC(C1=CCC=CC=C1)C1CCCN(/C(=C/[N+](=O)[O-])SC)C1. The van der Waals surface area contributed by atoms with E-state index in [1.165, 1.54) is 17.3 Å². The molecule has 0 radical (unpaired) electrons. The number of allylic oxidation sites excluding steroid dienone is 4. The molecule has 1 aliphatic heterocycles. The molecule has 0 aromatic heterocycles. The molecule has 0 N–H and O–H groups in total. The Bertz CT molecular complexity index is 616. The second-order valence-corrected chi connectivity index (χ2v) is 7.85. The first-order valence-electron chi connectivity index (χ1n) is 9.93. The van der Waals surface area contributed by atoms with Crippen molar-refractivity contribution < 1.29 is 14.4 Å². The fourth-order valence-electron chi connectivity index (χ4n) is 3.68. The molecule has 156 valence electrons. The number of thioether (sulfide) groups is 1. The molecule has 1 fully saturated rings. The molecule has 0 aromatic carbocycles. The van der Waals surface area contributed by atoms with Gasteiger partial charge in [0, 0.05) is 39.3 Å². The van der Waals surface area contributed by atoms with E-state index in [1.54, 1.807) is 7.11 Å². The average Bonchev–Trinajstić information content (AvgIpc) is 2.98. The van der Waals surface area contributed by atoms with Gasteiger partial charge in [0.1, 0.15) is 5.03 Å². The Morgan fingerprint density at radius 3 is 3.00 bits per heavy atom. The highest BCUT2D eigenvalue weighted by atomic mass is 32.2. The molecule has 0 saturated carbocycles. The van der Waals surface area contributed by atoms with E-state index >= 15 is 0 Å². The molecule has 28 heavy (non-hydrogen) atoms. The van der Waals surface area contributed by atoms with E-state index in [4.69, 9.17) is 9.47 Å². The number of likely N-dealkylation sites (tertiary alicyclic amines) is 1. The summed E-state index contributed by atoms with van der Waals surface area (Å²) in [4.78, 5) is 12.8. The summed E-state index contributed by atoms with van der Waals surface area (Å²) in [5.41, 5.74) is 1.22. The van der Waals surface area contributed by atoms with Gasteiger partial charge in [0.25, 0.3) is 6.20 Å². The third-order valence-corrected chi connectivity index (χ3v) is 5.80. The second kappa shape index (κ2) is 12.8. The van der Waals surface area contributed by atoms with Crippen LogP contribution in [0.2, 0.25) is 0 Å². The van der Waals surface area contributed by atoms with Crippen LogP contribution in [-0.4, -0.2) is 55.6 Å². The van der Waals surface area contributed by atoms with Crippen LogP contribution in [0.5, 0.6) is 0 Å². The molecule has 7 heteroatoms. The van der Waals surface area contributed by atoms with E-state index in [0.29, 0.717) is 12.5 Å². The van der Waals surface area contributed by atoms with Crippen LogP contribution in [0.4, 0.5) is 0 Å². The molecule has 1 saturated heterocycles. The molecular weight excluding hydrogens is 376 g/mol. The van der Waals surface area contributed by atoms with E-state index < -0.39 is 0 Å². The number of hydrogen-bond donors (Lipinski definition) is 0. The number of unbranched alkanes of at least 4 members (excludes halogenated alkanes) is 1. The number of nitro groups is 1. The topological polar surface area (TPSA) is 64.8 Å². The summed E-state index contributed by atoms with van der Waals surface area (Å²) >= 11 is 1.44. The summed E-state index contributed by atoms with van der Waals surface area (Å²) in [6, 6.07) is 0. The van der Waals surface area contributed by atoms with Crippen molar-refractivity contribution in [2.75, 3.05) is 39.7 Å². The maximum atomic E-state index is 11.0. The third-order valence-electron chi connectivity index (χ3n) is 5.02. The first-order chi connectivity index (χ1) is 13.7. The number of piperidine rings is 1. The molecule has 2 atom stereocenters. The summed E-state index contributed by atoms with van der Waals surface area (Å²) in [6.07, 6.45) is 18.6. The summed E-state index contributed by atoms with van der Waals surface area (Å²) in [5, 5.41) is 11.7. The summed E-state index contributed by atoms with van der Waals surface area (Å²) in [6.45, 7) is 3.08. The Labute approximate surface area is 172 Å². The van der Waals surface area contributed by atoms with Gasteiger partial charge in [-0.15, -0.1) is 11.8 Å². The molecule has 0 aromatic rings. The molecular formula is C21H32N2O4S. The zero-order chi connectivity index (χ0) is 20.2. The summed E-state index contributed by atoms with van der Waals surface area (Å²) < 4.78 is 11.5. The van der Waals surface area contributed by atoms with Crippen LogP contribution in [-0.2, 0) is 9.47 Å². The van der Waals surface area contributed by atoms with E-state index in [-0.39, 0.29) is 11.0 Å². The molecule has 2 aliphatic rings. The summed E-state index contributed by atoms with van der Waals surface area (Å²) in [7, 11) is 1.72. The molecule has 1 heterocycles. The normalized spacial score (nSPS) is 21.4. The van der Waals surface area contributed by atoms with Gasteiger partial charge < -0.3 is 14.4 Å². The van der Waals surface area contributed by atoms with Gasteiger partial charge in [0.15, 0.2) is 0 Å². The van der Waals surface area contributed by atoms with E-state index in [9.17, 15) is 10.1 Å². The molecule has 0 bridgehead atoms. The van der Waals surface area contributed by atoms with E-state index in [0.717, 1.165) is 63.0 Å². The van der Waals surface area contributed by atoms with Crippen molar-refractivity contribution in [1.29, 1.82) is 0 Å². The monoisotopic (exact) mass is 408 g/mol. The predicted molar refractivity (Wildman–Crippen MR) is 115 cm³/mol. The van der Waals surface area contributed by atoms with Gasteiger partial charge in [-0.1, -0.05) is 30.4 Å². The van der Waals surface area contributed by atoms with Crippen LogP contribution in [0, 0.1) is 16.0 Å². The van der Waals surface area contributed by atoms with E-state index in [1.807, 2.05) is 6.26 Å². The lowest BCUT2D eigenvalue weighted by Crippen LogP contribution is -2.41. The van der Waals surface area contributed by atoms with Gasteiger partial charge in [-0.2, -0.15) is 0 Å². The lowest BCUT2D eigenvalue weighted by molar-refractivity contribution is -0.403.